The lowest BCUT2D eigenvalue weighted by Gasteiger charge is -2.36. The molecule has 5 aromatic rings. The zero-order chi connectivity index (χ0) is 39.6. The third-order valence-corrected chi connectivity index (χ3v) is 11.0. The number of aromatic amines is 2. The molecule has 55 heavy (non-hydrogen) atoms. The number of aliphatic hydroxyl groups is 1. The van der Waals surface area contributed by atoms with Gasteiger partial charge in [-0.1, -0.05) is 59.2 Å². The Kier molecular flexibility index (Phi) is 12.2. The van der Waals surface area contributed by atoms with Gasteiger partial charge in [-0.25, -0.2) is 14.8 Å². The van der Waals surface area contributed by atoms with Crippen LogP contribution < -0.4 is 10.1 Å². The summed E-state index contributed by atoms with van der Waals surface area (Å²) in [7, 11) is 1.29. The Hall–Kier alpha value is -4.94. The SMILES string of the molecule is CCCC(O)N(CC(C)C)[C@@H](C)c1ncc(-c2ccc3c(c2)COc2cc4c(ccc5[nH]c([C@H](C)N(C(=O)[C@H](CC)NC(=O)OC)[C@@H](C)CC)nc54)cc2-3)[nH]1. The largest absolute Gasteiger partial charge is 0.488 e. The van der Waals surface area contributed by atoms with Crippen molar-refractivity contribution in [3.05, 3.63) is 65.9 Å². The summed E-state index contributed by atoms with van der Waals surface area (Å²) in [6.45, 7) is 17.6. The molecule has 1 unspecified atom stereocenters. The minimum Gasteiger partial charge on any atom is -0.488 e. The Morgan fingerprint density at radius 2 is 1.75 bits per heavy atom. The maximum atomic E-state index is 13.8. The van der Waals surface area contributed by atoms with Crippen LogP contribution in [0, 0.1) is 5.92 Å². The van der Waals surface area contributed by atoms with Gasteiger partial charge in [-0.15, -0.1) is 0 Å². The first-order valence-electron chi connectivity index (χ1n) is 19.8. The van der Waals surface area contributed by atoms with E-state index in [1.807, 2.05) is 44.9 Å². The van der Waals surface area contributed by atoms with Crippen LogP contribution in [0.3, 0.4) is 0 Å². The molecule has 1 aliphatic rings. The molecule has 5 atom stereocenters. The second-order valence-electron chi connectivity index (χ2n) is 15.3. The number of fused-ring (bicyclic) bond motifs is 6. The van der Waals surface area contributed by atoms with E-state index in [4.69, 9.17) is 19.4 Å². The number of ether oxygens (including phenoxy) is 2. The Morgan fingerprint density at radius 3 is 2.44 bits per heavy atom. The number of H-pyrrole nitrogens is 2. The molecule has 0 saturated heterocycles. The Bertz CT molecular complexity index is 2140. The molecule has 6 rings (SSSR count). The molecular formula is C43H57N7O5. The number of methoxy groups -OCH3 is 1. The second kappa shape index (κ2) is 16.8. The number of aromatic nitrogens is 4. The van der Waals surface area contributed by atoms with E-state index < -0.39 is 18.4 Å². The number of carbonyl (C=O) groups excluding carboxylic acids is 2. The van der Waals surface area contributed by atoms with Crippen LogP contribution >= 0.6 is 0 Å². The normalized spacial score (nSPS) is 15.3. The fourth-order valence-electron chi connectivity index (χ4n) is 7.75. The summed E-state index contributed by atoms with van der Waals surface area (Å²) in [4.78, 5) is 46.7. The van der Waals surface area contributed by atoms with Gasteiger partial charge in [0.15, 0.2) is 0 Å². The first kappa shape index (κ1) is 39.7. The van der Waals surface area contributed by atoms with Gasteiger partial charge < -0.3 is 34.8 Å². The van der Waals surface area contributed by atoms with Crippen molar-refractivity contribution in [3.63, 3.8) is 0 Å². The van der Waals surface area contributed by atoms with Crippen LogP contribution in [0.4, 0.5) is 4.79 Å². The van der Waals surface area contributed by atoms with E-state index in [0.717, 1.165) is 87.1 Å². The number of aliphatic hydroxyl groups excluding tert-OH is 1. The Balaban J connectivity index is 1.28. The van der Waals surface area contributed by atoms with Crippen LogP contribution in [0.25, 0.3) is 44.2 Å². The lowest BCUT2D eigenvalue weighted by atomic mass is 9.92. The van der Waals surface area contributed by atoms with Crippen LogP contribution in [-0.2, 0) is 16.1 Å². The van der Waals surface area contributed by atoms with Crippen LogP contribution in [0.5, 0.6) is 5.75 Å². The number of benzene rings is 3. The molecule has 2 aromatic heterocycles. The Morgan fingerprint density at radius 1 is 0.964 bits per heavy atom. The minimum absolute atomic E-state index is 0.0656. The number of imidazole rings is 2. The van der Waals surface area contributed by atoms with Crippen molar-refractivity contribution >= 4 is 33.8 Å². The van der Waals surface area contributed by atoms with Crippen molar-refractivity contribution in [1.82, 2.24) is 35.1 Å². The van der Waals surface area contributed by atoms with Crippen molar-refractivity contribution in [2.45, 2.75) is 118 Å². The number of amides is 2. The Labute approximate surface area is 324 Å². The molecule has 12 heteroatoms. The molecule has 1 aliphatic heterocycles. The highest BCUT2D eigenvalue weighted by molar-refractivity contribution is 6.07. The van der Waals surface area contributed by atoms with Gasteiger partial charge in [0.25, 0.3) is 0 Å². The van der Waals surface area contributed by atoms with Gasteiger partial charge in [0.05, 0.1) is 42.1 Å². The highest BCUT2D eigenvalue weighted by Gasteiger charge is 2.33. The molecule has 0 saturated carbocycles. The van der Waals surface area contributed by atoms with Crippen molar-refractivity contribution < 1.29 is 24.2 Å². The molecule has 294 valence electrons. The summed E-state index contributed by atoms with van der Waals surface area (Å²) in [5.41, 5.74) is 6.86. The van der Waals surface area contributed by atoms with Crippen LogP contribution in [0.1, 0.15) is 110 Å². The number of hydrogen-bond donors (Lipinski definition) is 4. The van der Waals surface area contributed by atoms with Gasteiger partial charge in [-0.2, -0.15) is 0 Å². The quantitative estimate of drug-likeness (QED) is 0.0778. The van der Waals surface area contributed by atoms with E-state index >= 15 is 0 Å². The monoisotopic (exact) mass is 751 g/mol. The molecule has 3 heterocycles. The number of nitrogens with zero attached hydrogens (tertiary/aromatic N) is 4. The highest BCUT2D eigenvalue weighted by atomic mass is 16.5. The maximum absolute atomic E-state index is 13.8. The number of hydrogen-bond acceptors (Lipinski definition) is 8. The van der Waals surface area contributed by atoms with E-state index in [9.17, 15) is 14.7 Å². The lowest BCUT2D eigenvalue weighted by molar-refractivity contribution is -0.138. The van der Waals surface area contributed by atoms with Crippen molar-refractivity contribution in [2.24, 2.45) is 5.92 Å². The van der Waals surface area contributed by atoms with Gasteiger partial charge in [0, 0.05) is 23.5 Å². The number of rotatable bonds is 15. The molecular weight excluding hydrogens is 695 g/mol. The van der Waals surface area contributed by atoms with Crippen molar-refractivity contribution in [1.29, 1.82) is 0 Å². The number of carbonyl (C=O) groups is 2. The minimum atomic E-state index is -0.715. The molecule has 0 radical (unpaired) electrons. The summed E-state index contributed by atoms with van der Waals surface area (Å²) in [5, 5.41) is 15.6. The van der Waals surface area contributed by atoms with Crippen LogP contribution in [0.2, 0.25) is 0 Å². The molecule has 0 bridgehead atoms. The van der Waals surface area contributed by atoms with E-state index in [2.05, 4.69) is 84.3 Å². The number of alkyl carbamates (subject to hydrolysis) is 1. The fraction of sp³-hybridized carbons (Fsp3) is 0.488. The predicted octanol–water partition coefficient (Wildman–Crippen LogP) is 8.63. The molecule has 12 nitrogen and oxygen atoms in total. The van der Waals surface area contributed by atoms with Gasteiger partial charge in [0.1, 0.15) is 36.3 Å². The van der Waals surface area contributed by atoms with Crippen LogP contribution in [0.15, 0.2) is 48.7 Å². The van der Waals surface area contributed by atoms with E-state index in [1.165, 1.54) is 7.11 Å². The highest BCUT2D eigenvalue weighted by Crippen LogP contribution is 2.43. The average molecular weight is 752 g/mol. The maximum Gasteiger partial charge on any atom is 0.407 e. The summed E-state index contributed by atoms with van der Waals surface area (Å²) < 4.78 is 11.2. The molecule has 3 aromatic carbocycles. The zero-order valence-corrected chi connectivity index (χ0v) is 33.7. The summed E-state index contributed by atoms with van der Waals surface area (Å²) >= 11 is 0. The summed E-state index contributed by atoms with van der Waals surface area (Å²) in [6.07, 6.45) is 3.53. The summed E-state index contributed by atoms with van der Waals surface area (Å²) in [5.74, 6) is 2.53. The molecule has 4 N–H and O–H groups in total. The van der Waals surface area contributed by atoms with Crippen molar-refractivity contribution in [2.75, 3.05) is 13.7 Å². The van der Waals surface area contributed by atoms with Crippen molar-refractivity contribution in [3.8, 4) is 28.1 Å². The molecule has 0 aliphatic carbocycles. The van der Waals surface area contributed by atoms with E-state index in [-0.39, 0.29) is 24.0 Å². The smallest absolute Gasteiger partial charge is 0.407 e. The zero-order valence-electron chi connectivity index (χ0n) is 33.7. The average Bonchev–Trinajstić information content (AvgIpc) is 3.86. The first-order chi connectivity index (χ1) is 26.4. The van der Waals surface area contributed by atoms with Crippen LogP contribution in [-0.4, -0.2) is 78.8 Å². The van der Waals surface area contributed by atoms with E-state index in [0.29, 0.717) is 24.8 Å². The first-order valence-corrected chi connectivity index (χ1v) is 19.8. The molecule has 2 amide bonds. The third-order valence-electron chi connectivity index (χ3n) is 11.0. The number of nitrogens with one attached hydrogen (secondary N) is 3. The molecule has 0 fully saturated rings. The topological polar surface area (TPSA) is 149 Å². The second-order valence-corrected chi connectivity index (χ2v) is 15.3. The third kappa shape index (κ3) is 8.07. The molecule has 0 spiro atoms. The fourth-order valence-corrected chi connectivity index (χ4v) is 7.75. The van der Waals surface area contributed by atoms with Gasteiger partial charge in [-0.05, 0) is 92.3 Å². The summed E-state index contributed by atoms with van der Waals surface area (Å²) in [6, 6.07) is 13.6. The van der Waals surface area contributed by atoms with E-state index in [1.54, 1.807) is 0 Å². The van der Waals surface area contributed by atoms with Gasteiger partial charge in [-0.3, -0.25) is 9.69 Å². The predicted molar refractivity (Wildman–Crippen MR) is 216 cm³/mol. The standard InChI is InChI=1S/C43H57N7O5/c1-10-13-38(51)49(22-24(4)5)26(7)40-44-21-36(46-40)29-14-16-31-30(18-29)23-55-37-20-32-28(19-33(31)37)15-17-35-39(32)48-41(45-35)27(8)50(25(6)11-2)42(52)34(12-3)47-43(53)54-9/h14-21,24-27,34,38,51H,10-13,22-23H2,1-9H3,(H,44,46)(H,45,48)(H,47,53)/t25-,26-,27-,34-,38?/m0/s1. The van der Waals surface area contributed by atoms with Gasteiger partial charge >= 0.3 is 6.09 Å². The van der Waals surface area contributed by atoms with Gasteiger partial charge in [0.2, 0.25) is 5.91 Å². The lowest BCUT2D eigenvalue weighted by Crippen LogP contribution is -2.51.